The maximum atomic E-state index is 13.7. The van der Waals surface area contributed by atoms with Gasteiger partial charge in [-0.25, -0.2) is 17.2 Å². The fraction of sp³-hybridized carbons (Fsp3) is 0.417. The van der Waals surface area contributed by atoms with Crippen molar-refractivity contribution < 1.29 is 22.0 Å². The van der Waals surface area contributed by atoms with Crippen molar-refractivity contribution in [1.29, 1.82) is 0 Å². The van der Waals surface area contributed by atoms with Crippen molar-refractivity contribution in [2.75, 3.05) is 5.32 Å². The van der Waals surface area contributed by atoms with Crippen LogP contribution in [0.5, 0.6) is 0 Å². The molecule has 8 heteroatoms. The van der Waals surface area contributed by atoms with E-state index < -0.39 is 43.1 Å². The van der Waals surface area contributed by atoms with Gasteiger partial charge in [0.15, 0.2) is 11.6 Å². The van der Waals surface area contributed by atoms with Crippen LogP contribution in [0.25, 0.3) is 0 Å². The maximum Gasteiger partial charge on any atom is 0.261 e. The molecule has 0 saturated heterocycles. The highest BCUT2D eigenvalue weighted by atomic mass is 35.7. The minimum Gasteiger partial charge on any atom is -0.321 e. The Bertz CT molecular complexity index is 596. The van der Waals surface area contributed by atoms with Crippen molar-refractivity contribution in [2.45, 2.75) is 31.6 Å². The summed E-state index contributed by atoms with van der Waals surface area (Å²) in [6.45, 7) is 3.51. The van der Waals surface area contributed by atoms with Crippen molar-refractivity contribution in [2.24, 2.45) is 5.92 Å². The minimum atomic E-state index is -4.24. The van der Waals surface area contributed by atoms with E-state index in [1.807, 2.05) is 6.92 Å². The van der Waals surface area contributed by atoms with Gasteiger partial charge < -0.3 is 5.32 Å². The van der Waals surface area contributed by atoms with E-state index in [2.05, 4.69) is 5.32 Å². The van der Waals surface area contributed by atoms with Crippen LogP contribution in [0, 0.1) is 17.6 Å². The first-order valence-corrected chi connectivity index (χ1v) is 8.22. The SMILES string of the molecule is CCCC(C)C(=O)Nc1c(F)cc(S(=O)(=O)Cl)cc1F. The molecule has 4 nitrogen and oxygen atoms in total. The smallest absolute Gasteiger partial charge is 0.261 e. The van der Waals surface area contributed by atoms with Crippen molar-refractivity contribution in [3.05, 3.63) is 23.8 Å². The highest BCUT2D eigenvalue weighted by molar-refractivity contribution is 8.13. The van der Waals surface area contributed by atoms with Crippen LogP contribution < -0.4 is 5.32 Å². The summed E-state index contributed by atoms with van der Waals surface area (Å²) < 4.78 is 49.4. The molecule has 1 atom stereocenters. The van der Waals surface area contributed by atoms with Gasteiger partial charge in [0.05, 0.1) is 4.90 Å². The van der Waals surface area contributed by atoms with Gasteiger partial charge in [0.25, 0.3) is 9.05 Å². The highest BCUT2D eigenvalue weighted by Gasteiger charge is 2.21. The van der Waals surface area contributed by atoms with Crippen LogP contribution in [0.4, 0.5) is 14.5 Å². The fourth-order valence-corrected chi connectivity index (χ4v) is 2.38. The fourth-order valence-electron chi connectivity index (χ4n) is 1.62. The first-order chi connectivity index (χ1) is 9.16. The second kappa shape index (κ2) is 6.49. The standard InChI is InChI=1S/C12H14ClF2NO3S/c1-3-4-7(2)12(17)16-11-9(14)5-8(6-10(11)15)20(13,18)19/h5-7H,3-4H2,1-2H3,(H,16,17). The third-order valence-electron chi connectivity index (χ3n) is 2.71. The van der Waals surface area contributed by atoms with Crippen molar-refractivity contribution in [1.82, 2.24) is 0 Å². The van der Waals surface area contributed by atoms with Crippen LogP contribution in [0.15, 0.2) is 17.0 Å². The number of rotatable bonds is 5. The Morgan fingerprint density at radius 3 is 2.25 bits per heavy atom. The lowest BCUT2D eigenvalue weighted by Crippen LogP contribution is -2.21. The third-order valence-corrected chi connectivity index (χ3v) is 4.05. The van der Waals surface area contributed by atoms with Crippen molar-refractivity contribution in [3.8, 4) is 0 Å². The van der Waals surface area contributed by atoms with Gasteiger partial charge in [0.1, 0.15) is 5.69 Å². The zero-order valence-electron chi connectivity index (χ0n) is 10.9. The molecule has 0 bridgehead atoms. The molecule has 0 aliphatic heterocycles. The number of benzene rings is 1. The van der Waals surface area contributed by atoms with Crippen molar-refractivity contribution >= 4 is 31.3 Å². The van der Waals surface area contributed by atoms with Gasteiger partial charge in [0, 0.05) is 16.6 Å². The molecule has 0 aromatic heterocycles. The summed E-state index contributed by atoms with van der Waals surface area (Å²) in [5, 5.41) is 2.11. The number of carbonyl (C=O) groups is 1. The first-order valence-electron chi connectivity index (χ1n) is 5.91. The van der Waals surface area contributed by atoms with Gasteiger partial charge in [0.2, 0.25) is 5.91 Å². The average Bonchev–Trinajstić information content (AvgIpc) is 2.32. The number of nitrogens with one attached hydrogen (secondary N) is 1. The molecule has 0 heterocycles. The number of anilines is 1. The third kappa shape index (κ3) is 4.14. The average molecular weight is 326 g/mol. The Balaban J connectivity index is 3.07. The molecule has 112 valence electrons. The molecule has 0 saturated carbocycles. The minimum absolute atomic E-state index is 0.407. The van der Waals surface area contributed by atoms with Crippen LogP contribution in [0.1, 0.15) is 26.7 Å². The van der Waals surface area contributed by atoms with E-state index in [1.165, 1.54) is 0 Å². The summed E-state index contributed by atoms with van der Waals surface area (Å²) in [7, 11) is 0.765. The molecule has 0 radical (unpaired) electrons. The van der Waals surface area contributed by atoms with Crippen LogP contribution in [-0.2, 0) is 13.8 Å². The Labute approximate surface area is 120 Å². The molecule has 0 aliphatic carbocycles. The van der Waals surface area contributed by atoms with Crippen LogP contribution in [0.3, 0.4) is 0 Å². The van der Waals surface area contributed by atoms with E-state index in [0.717, 1.165) is 6.42 Å². The van der Waals surface area contributed by atoms with Crippen LogP contribution >= 0.6 is 10.7 Å². The quantitative estimate of drug-likeness (QED) is 0.845. The summed E-state index contributed by atoms with van der Waals surface area (Å²) >= 11 is 0. The molecule has 1 unspecified atom stereocenters. The lowest BCUT2D eigenvalue weighted by molar-refractivity contribution is -0.119. The van der Waals surface area contributed by atoms with E-state index in [-0.39, 0.29) is 0 Å². The molecule has 0 spiro atoms. The Morgan fingerprint density at radius 1 is 1.35 bits per heavy atom. The Hall–Kier alpha value is -1.21. The molecular weight excluding hydrogens is 312 g/mol. The summed E-state index contributed by atoms with van der Waals surface area (Å²) in [6, 6.07) is 1.12. The lowest BCUT2D eigenvalue weighted by atomic mass is 10.1. The summed E-state index contributed by atoms with van der Waals surface area (Å²) in [6.07, 6.45) is 1.33. The van der Waals surface area contributed by atoms with Gasteiger partial charge in [-0.05, 0) is 18.6 Å². The zero-order chi connectivity index (χ0) is 15.5. The topological polar surface area (TPSA) is 63.2 Å². The second-order valence-electron chi connectivity index (χ2n) is 4.38. The van der Waals surface area contributed by atoms with E-state index in [1.54, 1.807) is 6.92 Å². The molecule has 1 N–H and O–H groups in total. The molecule has 1 rings (SSSR count). The molecule has 1 amide bonds. The van der Waals surface area contributed by atoms with Crippen molar-refractivity contribution in [3.63, 3.8) is 0 Å². The number of halogens is 3. The predicted molar refractivity (Wildman–Crippen MR) is 72.1 cm³/mol. The number of amides is 1. The van der Waals surface area contributed by atoms with E-state index in [0.29, 0.717) is 18.6 Å². The molecule has 0 fully saturated rings. The summed E-state index contributed by atoms with van der Waals surface area (Å²) in [4.78, 5) is 11.0. The maximum absolute atomic E-state index is 13.7. The molecule has 1 aromatic carbocycles. The van der Waals surface area contributed by atoms with E-state index >= 15 is 0 Å². The van der Waals surface area contributed by atoms with E-state index in [4.69, 9.17) is 10.7 Å². The van der Waals surface area contributed by atoms with Gasteiger partial charge in [-0.2, -0.15) is 0 Å². The zero-order valence-corrected chi connectivity index (χ0v) is 12.5. The Morgan fingerprint density at radius 2 is 1.85 bits per heavy atom. The van der Waals surface area contributed by atoms with Crippen LogP contribution in [0.2, 0.25) is 0 Å². The molecule has 0 aliphatic rings. The summed E-state index contributed by atoms with van der Waals surface area (Å²) in [5.41, 5.74) is -0.679. The molecule has 20 heavy (non-hydrogen) atoms. The lowest BCUT2D eigenvalue weighted by Gasteiger charge is -2.13. The van der Waals surface area contributed by atoms with Gasteiger partial charge >= 0.3 is 0 Å². The molecular formula is C12H14ClF2NO3S. The van der Waals surface area contributed by atoms with Gasteiger partial charge in [-0.15, -0.1) is 0 Å². The molecule has 1 aromatic rings. The van der Waals surface area contributed by atoms with E-state index in [9.17, 15) is 22.0 Å². The normalized spacial score (nSPS) is 13.1. The summed E-state index contributed by atoms with van der Waals surface area (Å²) in [5.74, 6) is -3.33. The number of carbonyl (C=O) groups excluding carboxylic acids is 1. The van der Waals surface area contributed by atoms with Gasteiger partial charge in [-0.1, -0.05) is 20.3 Å². The Kier molecular flexibility index (Phi) is 5.47. The monoisotopic (exact) mass is 325 g/mol. The number of hydrogen-bond donors (Lipinski definition) is 1. The number of hydrogen-bond acceptors (Lipinski definition) is 3. The first kappa shape index (κ1) is 16.8. The van der Waals surface area contributed by atoms with Gasteiger partial charge in [-0.3, -0.25) is 4.79 Å². The second-order valence-corrected chi connectivity index (χ2v) is 6.94. The largest absolute Gasteiger partial charge is 0.321 e. The highest BCUT2D eigenvalue weighted by Crippen LogP contribution is 2.26. The van der Waals surface area contributed by atoms with Crippen LogP contribution in [-0.4, -0.2) is 14.3 Å². The predicted octanol–water partition coefficient (Wildman–Crippen LogP) is 3.27.